The van der Waals surface area contributed by atoms with Crippen LogP contribution in [0, 0.1) is 11.7 Å². The van der Waals surface area contributed by atoms with Gasteiger partial charge < -0.3 is 15.3 Å². The standard InChI is InChI=1S/C18H25FN2O3/c1-12(2)16(22)11-17(23)20-13-7-9-21(10-8-13)18(24)14-5-3-4-6-15(14)19/h3-6,12-13,16,22H,7-11H2,1-2H3,(H,20,23). The first-order valence-corrected chi connectivity index (χ1v) is 8.39. The molecule has 1 atom stereocenters. The van der Waals surface area contributed by atoms with Crippen LogP contribution >= 0.6 is 0 Å². The van der Waals surface area contributed by atoms with Crippen molar-refractivity contribution in [3.63, 3.8) is 0 Å². The highest BCUT2D eigenvalue weighted by atomic mass is 19.1. The highest BCUT2D eigenvalue weighted by molar-refractivity contribution is 5.94. The summed E-state index contributed by atoms with van der Waals surface area (Å²) >= 11 is 0. The SMILES string of the molecule is CC(C)C(O)CC(=O)NC1CCN(C(=O)c2ccccc2F)CC1. The third-order valence-electron chi connectivity index (χ3n) is 4.42. The molecule has 0 aromatic heterocycles. The van der Waals surface area contributed by atoms with E-state index in [2.05, 4.69) is 5.32 Å². The van der Waals surface area contributed by atoms with Gasteiger partial charge in [-0.15, -0.1) is 0 Å². The average molecular weight is 336 g/mol. The fourth-order valence-corrected chi connectivity index (χ4v) is 2.74. The number of nitrogens with one attached hydrogen (secondary N) is 1. The van der Waals surface area contributed by atoms with Gasteiger partial charge in [-0.2, -0.15) is 0 Å². The van der Waals surface area contributed by atoms with Gasteiger partial charge in [0.2, 0.25) is 5.91 Å². The van der Waals surface area contributed by atoms with Gasteiger partial charge in [0.15, 0.2) is 0 Å². The second-order valence-corrected chi connectivity index (χ2v) is 6.63. The molecule has 0 spiro atoms. The topological polar surface area (TPSA) is 69.6 Å². The third kappa shape index (κ3) is 4.77. The number of nitrogens with zero attached hydrogens (tertiary/aromatic N) is 1. The summed E-state index contributed by atoms with van der Waals surface area (Å²) < 4.78 is 13.7. The molecule has 1 unspecified atom stereocenters. The van der Waals surface area contributed by atoms with Gasteiger partial charge in [0.25, 0.3) is 5.91 Å². The molecule has 1 aromatic rings. The molecule has 1 saturated heterocycles. The predicted molar refractivity (Wildman–Crippen MR) is 88.9 cm³/mol. The van der Waals surface area contributed by atoms with Crippen molar-refractivity contribution in [1.29, 1.82) is 0 Å². The van der Waals surface area contributed by atoms with Gasteiger partial charge in [-0.1, -0.05) is 26.0 Å². The molecular formula is C18H25FN2O3. The molecule has 132 valence electrons. The zero-order valence-corrected chi connectivity index (χ0v) is 14.2. The molecule has 0 aliphatic carbocycles. The Balaban J connectivity index is 1.82. The van der Waals surface area contributed by atoms with E-state index in [4.69, 9.17) is 0 Å². The maximum atomic E-state index is 13.7. The number of aliphatic hydroxyl groups excluding tert-OH is 1. The number of piperidine rings is 1. The summed E-state index contributed by atoms with van der Waals surface area (Å²) in [5, 5.41) is 12.6. The van der Waals surface area contributed by atoms with Crippen LogP contribution in [-0.2, 0) is 4.79 Å². The lowest BCUT2D eigenvalue weighted by molar-refractivity contribution is -0.124. The minimum Gasteiger partial charge on any atom is -0.392 e. The van der Waals surface area contributed by atoms with Gasteiger partial charge in [-0.25, -0.2) is 4.39 Å². The predicted octanol–water partition coefficient (Wildman–Crippen LogP) is 1.95. The van der Waals surface area contributed by atoms with Crippen LogP contribution in [0.5, 0.6) is 0 Å². The molecular weight excluding hydrogens is 311 g/mol. The minimum atomic E-state index is -0.646. The van der Waals surface area contributed by atoms with Crippen molar-refractivity contribution in [2.24, 2.45) is 5.92 Å². The first kappa shape index (κ1) is 18.4. The molecule has 1 aliphatic rings. The Morgan fingerprint density at radius 2 is 1.92 bits per heavy atom. The summed E-state index contributed by atoms with van der Waals surface area (Å²) in [5.74, 6) is -0.959. The number of halogens is 1. The lowest BCUT2D eigenvalue weighted by Gasteiger charge is -2.32. The maximum Gasteiger partial charge on any atom is 0.256 e. The summed E-state index contributed by atoms with van der Waals surface area (Å²) in [7, 11) is 0. The zero-order valence-electron chi connectivity index (χ0n) is 14.2. The van der Waals surface area contributed by atoms with E-state index in [-0.39, 0.29) is 35.8 Å². The van der Waals surface area contributed by atoms with Gasteiger partial charge in [0.05, 0.1) is 18.1 Å². The highest BCUT2D eigenvalue weighted by Crippen LogP contribution is 2.16. The number of carbonyl (C=O) groups is 2. The maximum absolute atomic E-state index is 13.7. The van der Waals surface area contributed by atoms with Crippen molar-refractivity contribution in [1.82, 2.24) is 10.2 Å². The van der Waals surface area contributed by atoms with Crippen molar-refractivity contribution >= 4 is 11.8 Å². The van der Waals surface area contributed by atoms with Crippen LogP contribution in [0.3, 0.4) is 0 Å². The Labute approximate surface area is 141 Å². The van der Waals surface area contributed by atoms with Gasteiger partial charge in [-0.05, 0) is 30.9 Å². The number of amides is 2. The molecule has 1 aromatic carbocycles. The molecule has 0 saturated carbocycles. The molecule has 1 fully saturated rings. The van der Waals surface area contributed by atoms with E-state index in [9.17, 15) is 19.1 Å². The number of likely N-dealkylation sites (tertiary alicyclic amines) is 1. The summed E-state index contributed by atoms with van der Waals surface area (Å²) in [6.45, 7) is 4.69. The lowest BCUT2D eigenvalue weighted by atomic mass is 10.0. The Morgan fingerprint density at radius 1 is 1.29 bits per heavy atom. The van der Waals surface area contributed by atoms with Gasteiger partial charge in [-0.3, -0.25) is 9.59 Å². The third-order valence-corrected chi connectivity index (χ3v) is 4.42. The quantitative estimate of drug-likeness (QED) is 0.863. The molecule has 2 rings (SSSR count). The molecule has 6 heteroatoms. The number of rotatable bonds is 5. The summed E-state index contributed by atoms with van der Waals surface area (Å²) in [4.78, 5) is 25.9. The molecule has 5 nitrogen and oxygen atoms in total. The Hall–Kier alpha value is -1.95. The van der Waals surface area contributed by atoms with Crippen LogP contribution in [-0.4, -0.2) is 47.1 Å². The Kier molecular flexibility index (Phi) is 6.31. The lowest BCUT2D eigenvalue weighted by Crippen LogP contribution is -2.47. The number of aliphatic hydroxyl groups is 1. The molecule has 0 radical (unpaired) electrons. The fourth-order valence-electron chi connectivity index (χ4n) is 2.74. The normalized spacial score (nSPS) is 17.0. The Morgan fingerprint density at radius 3 is 2.50 bits per heavy atom. The number of benzene rings is 1. The van der Waals surface area contributed by atoms with Crippen LogP contribution in [0.1, 0.15) is 43.5 Å². The van der Waals surface area contributed by atoms with Gasteiger partial charge >= 0.3 is 0 Å². The summed E-state index contributed by atoms with van der Waals surface area (Å²) in [6.07, 6.45) is 0.701. The van der Waals surface area contributed by atoms with E-state index >= 15 is 0 Å². The van der Waals surface area contributed by atoms with E-state index in [0.29, 0.717) is 25.9 Å². The first-order chi connectivity index (χ1) is 11.4. The molecule has 2 N–H and O–H groups in total. The van der Waals surface area contributed by atoms with Crippen molar-refractivity contribution in [2.45, 2.75) is 45.3 Å². The zero-order chi connectivity index (χ0) is 17.7. The largest absolute Gasteiger partial charge is 0.392 e. The molecule has 2 amide bonds. The summed E-state index contributed by atoms with van der Waals surface area (Å²) in [5.41, 5.74) is 0.0834. The van der Waals surface area contributed by atoms with Gasteiger partial charge in [0, 0.05) is 19.1 Å². The smallest absolute Gasteiger partial charge is 0.256 e. The number of hydrogen-bond donors (Lipinski definition) is 2. The fraction of sp³-hybridized carbons (Fsp3) is 0.556. The molecule has 24 heavy (non-hydrogen) atoms. The second-order valence-electron chi connectivity index (χ2n) is 6.63. The number of carbonyl (C=O) groups excluding carboxylic acids is 2. The van der Waals surface area contributed by atoms with Crippen molar-refractivity contribution < 1.29 is 19.1 Å². The first-order valence-electron chi connectivity index (χ1n) is 8.39. The van der Waals surface area contributed by atoms with Crippen LogP contribution < -0.4 is 5.32 Å². The van der Waals surface area contributed by atoms with Crippen LogP contribution in [0.2, 0.25) is 0 Å². The van der Waals surface area contributed by atoms with Crippen LogP contribution in [0.15, 0.2) is 24.3 Å². The van der Waals surface area contributed by atoms with E-state index in [1.54, 1.807) is 17.0 Å². The second kappa shape index (κ2) is 8.24. The van der Waals surface area contributed by atoms with E-state index in [0.717, 1.165) is 0 Å². The van der Waals surface area contributed by atoms with Crippen LogP contribution in [0.25, 0.3) is 0 Å². The van der Waals surface area contributed by atoms with E-state index in [1.807, 2.05) is 13.8 Å². The minimum absolute atomic E-state index is 0.0125. The molecule has 0 bridgehead atoms. The summed E-state index contributed by atoms with van der Waals surface area (Å²) in [6, 6.07) is 5.95. The number of hydrogen-bond acceptors (Lipinski definition) is 3. The van der Waals surface area contributed by atoms with Crippen LogP contribution in [0.4, 0.5) is 4.39 Å². The van der Waals surface area contributed by atoms with Crippen molar-refractivity contribution in [3.8, 4) is 0 Å². The average Bonchev–Trinajstić information content (AvgIpc) is 2.55. The molecule has 1 aliphatic heterocycles. The van der Waals surface area contributed by atoms with Crippen molar-refractivity contribution in [3.05, 3.63) is 35.6 Å². The highest BCUT2D eigenvalue weighted by Gasteiger charge is 2.26. The molecule has 1 heterocycles. The monoisotopic (exact) mass is 336 g/mol. The van der Waals surface area contributed by atoms with Gasteiger partial charge in [0.1, 0.15) is 5.82 Å². The van der Waals surface area contributed by atoms with E-state index < -0.39 is 11.9 Å². The van der Waals surface area contributed by atoms with Crippen molar-refractivity contribution in [2.75, 3.05) is 13.1 Å². The Bertz CT molecular complexity index is 583. The van der Waals surface area contributed by atoms with E-state index in [1.165, 1.54) is 12.1 Å².